The van der Waals surface area contributed by atoms with E-state index >= 15 is 0 Å². The molecular weight excluding hydrogens is 354 g/mol. The van der Waals surface area contributed by atoms with Crippen molar-refractivity contribution >= 4 is 11.8 Å². The summed E-state index contributed by atoms with van der Waals surface area (Å²) in [5, 5.41) is 2.96. The fourth-order valence-corrected chi connectivity index (χ4v) is 4.05. The van der Waals surface area contributed by atoms with Crippen LogP contribution in [0.25, 0.3) is 0 Å². The van der Waals surface area contributed by atoms with Crippen LogP contribution < -0.4 is 5.32 Å². The van der Waals surface area contributed by atoms with E-state index < -0.39 is 0 Å². The molecule has 2 aliphatic rings. The molecule has 7 heteroatoms. The van der Waals surface area contributed by atoms with E-state index in [1.165, 1.54) is 11.3 Å². The molecule has 1 aliphatic carbocycles. The third kappa shape index (κ3) is 4.03. The Bertz CT molecular complexity index is 884. The number of fused-ring (bicyclic) bond motifs is 1. The van der Waals surface area contributed by atoms with Crippen molar-refractivity contribution in [1.82, 2.24) is 25.2 Å². The minimum atomic E-state index is -0.299. The quantitative estimate of drug-likeness (QED) is 0.819. The molecule has 1 fully saturated rings. The largest absolute Gasteiger partial charge is 0.355 e. The van der Waals surface area contributed by atoms with Crippen molar-refractivity contribution in [2.24, 2.45) is 5.92 Å². The van der Waals surface area contributed by atoms with E-state index in [1.54, 1.807) is 17.3 Å². The molecule has 1 unspecified atom stereocenters. The van der Waals surface area contributed by atoms with E-state index in [0.29, 0.717) is 26.1 Å². The molecule has 2 aromatic heterocycles. The zero-order chi connectivity index (χ0) is 19.5. The summed E-state index contributed by atoms with van der Waals surface area (Å²) in [6, 6.07) is 3.79. The maximum Gasteiger partial charge on any atom is 0.225 e. The predicted octanol–water partition coefficient (Wildman–Crippen LogP) is 1.38. The van der Waals surface area contributed by atoms with E-state index in [1.807, 2.05) is 19.1 Å². The van der Waals surface area contributed by atoms with Crippen molar-refractivity contribution in [2.45, 2.75) is 45.6 Å². The molecule has 3 heterocycles. The van der Waals surface area contributed by atoms with Crippen LogP contribution in [0.5, 0.6) is 0 Å². The van der Waals surface area contributed by atoms with E-state index in [-0.39, 0.29) is 24.2 Å². The van der Waals surface area contributed by atoms with Crippen LogP contribution in [-0.4, -0.2) is 44.8 Å². The summed E-state index contributed by atoms with van der Waals surface area (Å²) < 4.78 is 0. The van der Waals surface area contributed by atoms with Gasteiger partial charge in [-0.15, -0.1) is 0 Å². The van der Waals surface area contributed by atoms with Crippen LogP contribution in [0, 0.1) is 12.8 Å². The van der Waals surface area contributed by atoms with E-state index in [0.717, 1.165) is 36.3 Å². The number of rotatable bonds is 6. The number of pyridine rings is 1. The Kier molecular flexibility index (Phi) is 5.32. The zero-order valence-corrected chi connectivity index (χ0v) is 16.1. The topological polar surface area (TPSA) is 88.1 Å². The third-order valence-corrected chi connectivity index (χ3v) is 5.52. The molecule has 0 radical (unpaired) electrons. The summed E-state index contributed by atoms with van der Waals surface area (Å²) in [6.07, 6.45) is 7.58. The first-order chi connectivity index (χ1) is 13.6. The third-order valence-electron chi connectivity index (χ3n) is 5.52. The molecule has 28 heavy (non-hydrogen) atoms. The number of aryl methyl sites for hydroxylation is 2. The van der Waals surface area contributed by atoms with Crippen molar-refractivity contribution in [3.63, 3.8) is 0 Å². The fraction of sp³-hybridized carbons (Fsp3) is 0.476. The van der Waals surface area contributed by atoms with Crippen LogP contribution in [0.4, 0.5) is 0 Å². The number of hydrogen-bond donors (Lipinski definition) is 1. The van der Waals surface area contributed by atoms with Crippen molar-refractivity contribution in [3.05, 3.63) is 52.9 Å². The van der Waals surface area contributed by atoms with Crippen LogP contribution in [0.1, 0.15) is 41.2 Å². The lowest BCUT2D eigenvalue weighted by Crippen LogP contribution is -2.34. The Morgan fingerprint density at radius 2 is 2.21 bits per heavy atom. The molecule has 146 valence electrons. The maximum absolute atomic E-state index is 12.5. The smallest absolute Gasteiger partial charge is 0.225 e. The normalized spacial score (nSPS) is 18.4. The Labute approximate surface area is 164 Å². The van der Waals surface area contributed by atoms with Crippen LogP contribution in [-0.2, 0) is 35.4 Å². The second-order valence-electron chi connectivity index (χ2n) is 7.58. The molecule has 0 aromatic carbocycles. The summed E-state index contributed by atoms with van der Waals surface area (Å²) >= 11 is 0. The van der Waals surface area contributed by atoms with Gasteiger partial charge in [-0.3, -0.25) is 14.6 Å². The SMILES string of the molecule is Cc1nc(CCNC(=O)C2CC(=O)N(Cc3cccnc3)C2)nc2c1CCC2. The first kappa shape index (κ1) is 18.5. The lowest BCUT2D eigenvalue weighted by atomic mass is 10.1. The Hall–Kier alpha value is -2.83. The van der Waals surface area contributed by atoms with Crippen LogP contribution in [0.2, 0.25) is 0 Å². The summed E-state index contributed by atoms with van der Waals surface area (Å²) in [7, 11) is 0. The van der Waals surface area contributed by atoms with Gasteiger partial charge in [0.05, 0.1) is 5.92 Å². The Morgan fingerprint density at radius 3 is 3.04 bits per heavy atom. The fourth-order valence-electron chi connectivity index (χ4n) is 4.05. The molecule has 1 saturated heterocycles. The Balaban J connectivity index is 1.28. The average Bonchev–Trinajstić information content (AvgIpc) is 3.30. The molecule has 2 amide bonds. The number of carbonyl (C=O) groups is 2. The number of carbonyl (C=O) groups excluding carboxylic acids is 2. The molecule has 2 aromatic rings. The van der Waals surface area contributed by atoms with Gasteiger partial charge in [0.15, 0.2) is 0 Å². The minimum Gasteiger partial charge on any atom is -0.355 e. The van der Waals surface area contributed by atoms with Gasteiger partial charge < -0.3 is 10.2 Å². The number of hydrogen-bond acceptors (Lipinski definition) is 5. The molecule has 1 N–H and O–H groups in total. The molecule has 4 rings (SSSR count). The van der Waals surface area contributed by atoms with Crippen molar-refractivity contribution in [2.75, 3.05) is 13.1 Å². The predicted molar refractivity (Wildman–Crippen MR) is 103 cm³/mol. The van der Waals surface area contributed by atoms with Gasteiger partial charge in [-0.05, 0) is 43.4 Å². The lowest BCUT2D eigenvalue weighted by Gasteiger charge is -2.16. The summed E-state index contributed by atoms with van der Waals surface area (Å²) in [4.78, 5) is 39.8. The first-order valence-corrected chi connectivity index (χ1v) is 9.90. The summed E-state index contributed by atoms with van der Waals surface area (Å²) in [6.45, 7) is 3.48. The highest BCUT2D eigenvalue weighted by molar-refractivity contribution is 5.89. The van der Waals surface area contributed by atoms with Gasteiger partial charge in [-0.25, -0.2) is 9.97 Å². The van der Waals surface area contributed by atoms with Crippen molar-refractivity contribution < 1.29 is 9.59 Å². The summed E-state index contributed by atoms with van der Waals surface area (Å²) in [5.41, 5.74) is 4.50. The second kappa shape index (κ2) is 8.04. The minimum absolute atomic E-state index is 0.0154. The van der Waals surface area contributed by atoms with Gasteiger partial charge in [0, 0.05) is 56.3 Å². The standard InChI is InChI=1S/C21H25N5O2/c1-14-17-5-2-6-18(17)25-19(24-14)7-9-23-21(28)16-10-20(27)26(13-16)12-15-4-3-8-22-11-15/h3-4,8,11,16H,2,5-7,9-10,12-13H2,1H3,(H,23,28). The van der Waals surface area contributed by atoms with Crippen LogP contribution >= 0.6 is 0 Å². The average molecular weight is 379 g/mol. The lowest BCUT2D eigenvalue weighted by molar-refractivity contribution is -0.129. The van der Waals surface area contributed by atoms with Crippen molar-refractivity contribution in [3.8, 4) is 0 Å². The van der Waals surface area contributed by atoms with E-state index in [2.05, 4.69) is 20.3 Å². The van der Waals surface area contributed by atoms with Gasteiger partial charge in [0.2, 0.25) is 11.8 Å². The number of nitrogens with zero attached hydrogens (tertiary/aromatic N) is 4. The van der Waals surface area contributed by atoms with E-state index in [4.69, 9.17) is 0 Å². The van der Waals surface area contributed by atoms with Crippen LogP contribution in [0.15, 0.2) is 24.5 Å². The van der Waals surface area contributed by atoms with Gasteiger partial charge >= 0.3 is 0 Å². The number of amides is 2. The highest BCUT2D eigenvalue weighted by atomic mass is 16.2. The van der Waals surface area contributed by atoms with Gasteiger partial charge in [0.1, 0.15) is 5.82 Å². The van der Waals surface area contributed by atoms with Gasteiger partial charge in [-0.2, -0.15) is 0 Å². The number of likely N-dealkylation sites (tertiary alicyclic amines) is 1. The van der Waals surface area contributed by atoms with E-state index in [9.17, 15) is 9.59 Å². The molecule has 1 atom stereocenters. The molecule has 7 nitrogen and oxygen atoms in total. The highest BCUT2D eigenvalue weighted by Crippen LogP contribution is 2.22. The number of nitrogens with one attached hydrogen (secondary N) is 1. The molecule has 0 saturated carbocycles. The Morgan fingerprint density at radius 1 is 1.32 bits per heavy atom. The highest BCUT2D eigenvalue weighted by Gasteiger charge is 2.34. The summed E-state index contributed by atoms with van der Waals surface area (Å²) in [5.74, 6) is 0.438. The number of aromatic nitrogens is 3. The second-order valence-corrected chi connectivity index (χ2v) is 7.58. The van der Waals surface area contributed by atoms with Crippen molar-refractivity contribution in [1.29, 1.82) is 0 Å². The molecule has 1 aliphatic heterocycles. The van der Waals surface area contributed by atoms with Crippen LogP contribution in [0.3, 0.4) is 0 Å². The molecule has 0 spiro atoms. The zero-order valence-electron chi connectivity index (χ0n) is 16.1. The molecular formula is C21H25N5O2. The molecule has 0 bridgehead atoms. The first-order valence-electron chi connectivity index (χ1n) is 9.90. The van der Waals surface area contributed by atoms with Gasteiger partial charge in [-0.1, -0.05) is 6.07 Å². The maximum atomic E-state index is 12.5. The van der Waals surface area contributed by atoms with Gasteiger partial charge in [0.25, 0.3) is 0 Å². The monoisotopic (exact) mass is 379 g/mol.